The molecule has 0 aliphatic carbocycles. The Labute approximate surface area is 131 Å². The third-order valence-electron chi connectivity index (χ3n) is 3.57. The van der Waals surface area contributed by atoms with Gasteiger partial charge in [0.05, 0.1) is 7.11 Å². The number of carbonyl (C=O) groups excluding carboxylic acids is 1. The number of benzene rings is 2. The average Bonchev–Trinajstić information content (AvgIpc) is 2.92. The Kier molecular flexibility index (Phi) is 3.55. The molecular weight excluding hydrogens is 330 g/mol. The third-order valence-corrected chi connectivity index (χ3v) is 4.42. The number of rotatable bonds is 3. The van der Waals surface area contributed by atoms with Crippen molar-refractivity contribution in [2.45, 2.75) is 6.92 Å². The number of nitrogens with one attached hydrogen (secondary N) is 1. The van der Waals surface area contributed by atoms with E-state index in [1.54, 1.807) is 13.3 Å². The summed E-state index contributed by atoms with van der Waals surface area (Å²) in [6.07, 6.45) is 1.75. The number of ketones is 1. The van der Waals surface area contributed by atoms with Crippen molar-refractivity contribution in [3.05, 3.63) is 63.8 Å². The molecule has 3 aromatic rings. The number of ether oxygens (including phenoxy) is 1. The van der Waals surface area contributed by atoms with E-state index in [2.05, 4.69) is 20.9 Å². The number of methoxy groups -OCH3 is 1. The van der Waals surface area contributed by atoms with Gasteiger partial charge in [-0.05, 0) is 36.8 Å². The quantitative estimate of drug-likeness (QED) is 0.712. The van der Waals surface area contributed by atoms with Crippen molar-refractivity contribution in [3.8, 4) is 5.75 Å². The molecular formula is C17H14BrNO2. The highest BCUT2D eigenvalue weighted by molar-refractivity contribution is 9.10. The number of halogens is 1. The minimum Gasteiger partial charge on any atom is -0.497 e. The Balaban J connectivity index is 2.10. The number of hydrogen-bond acceptors (Lipinski definition) is 2. The molecule has 1 heterocycles. The van der Waals surface area contributed by atoms with Crippen LogP contribution in [-0.4, -0.2) is 17.9 Å². The van der Waals surface area contributed by atoms with Crippen molar-refractivity contribution in [1.29, 1.82) is 0 Å². The first-order valence-electron chi connectivity index (χ1n) is 6.56. The predicted octanol–water partition coefficient (Wildman–Crippen LogP) is 4.48. The van der Waals surface area contributed by atoms with Crippen LogP contribution in [-0.2, 0) is 0 Å². The molecule has 3 rings (SSSR count). The second-order valence-corrected chi connectivity index (χ2v) is 5.76. The number of aromatic amines is 1. The lowest BCUT2D eigenvalue weighted by atomic mass is 10.0. The number of aryl methyl sites for hydroxylation is 1. The maximum absolute atomic E-state index is 12.7. The first-order chi connectivity index (χ1) is 10.1. The molecule has 0 saturated heterocycles. The SMILES string of the molecule is COc1ccc2[nH]cc(C(=O)c3ccc(C)c(Br)c3)c2c1. The largest absolute Gasteiger partial charge is 0.497 e. The van der Waals surface area contributed by atoms with Gasteiger partial charge < -0.3 is 9.72 Å². The van der Waals surface area contributed by atoms with E-state index < -0.39 is 0 Å². The summed E-state index contributed by atoms with van der Waals surface area (Å²) in [6, 6.07) is 11.3. The van der Waals surface area contributed by atoms with Crippen LogP contribution in [0.5, 0.6) is 5.75 Å². The van der Waals surface area contributed by atoms with E-state index in [9.17, 15) is 4.79 Å². The van der Waals surface area contributed by atoms with E-state index in [1.165, 1.54) is 0 Å². The average molecular weight is 344 g/mol. The van der Waals surface area contributed by atoms with Gasteiger partial charge in [-0.1, -0.05) is 28.1 Å². The van der Waals surface area contributed by atoms with Gasteiger partial charge in [-0.25, -0.2) is 0 Å². The summed E-state index contributed by atoms with van der Waals surface area (Å²) >= 11 is 3.47. The van der Waals surface area contributed by atoms with E-state index in [4.69, 9.17) is 4.74 Å². The molecule has 1 N–H and O–H groups in total. The molecule has 21 heavy (non-hydrogen) atoms. The van der Waals surface area contributed by atoms with Gasteiger partial charge in [0.1, 0.15) is 5.75 Å². The normalized spacial score (nSPS) is 10.8. The van der Waals surface area contributed by atoms with Crippen molar-refractivity contribution in [3.63, 3.8) is 0 Å². The summed E-state index contributed by atoms with van der Waals surface area (Å²) in [5.41, 5.74) is 3.34. The zero-order chi connectivity index (χ0) is 15.0. The number of fused-ring (bicyclic) bond motifs is 1. The van der Waals surface area contributed by atoms with Crippen molar-refractivity contribution in [2.24, 2.45) is 0 Å². The molecule has 0 saturated carbocycles. The van der Waals surface area contributed by atoms with E-state index in [1.807, 2.05) is 43.3 Å². The maximum Gasteiger partial charge on any atom is 0.195 e. The van der Waals surface area contributed by atoms with Gasteiger partial charge in [0.25, 0.3) is 0 Å². The first-order valence-corrected chi connectivity index (χ1v) is 7.35. The summed E-state index contributed by atoms with van der Waals surface area (Å²) in [4.78, 5) is 15.8. The highest BCUT2D eigenvalue weighted by Gasteiger charge is 2.15. The lowest BCUT2D eigenvalue weighted by Crippen LogP contribution is -2.00. The summed E-state index contributed by atoms with van der Waals surface area (Å²) in [7, 11) is 1.62. The molecule has 0 spiro atoms. The molecule has 106 valence electrons. The smallest absolute Gasteiger partial charge is 0.195 e. The molecule has 0 bridgehead atoms. The Bertz CT molecular complexity index is 836. The number of carbonyl (C=O) groups is 1. The van der Waals surface area contributed by atoms with Crippen LogP contribution in [0.4, 0.5) is 0 Å². The lowest BCUT2D eigenvalue weighted by Gasteiger charge is -2.04. The zero-order valence-corrected chi connectivity index (χ0v) is 13.3. The van der Waals surface area contributed by atoms with Crippen molar-refractivity contribution in [2.75, 3.05) is 7.11 Å². The fourth-order valence-electron chi connectivity index (χ4n) is 2.30. The summed E-state index contributed by atoms with van der Waals surface area (Å²) < 4.78 is 6.17. The fourth-order valence-corrected chi connectivity index (χ4v) is 2.68. The minimum atomic E-state index is -0.00444. The van der Waals surface area contributed by atoms with Crippen molar-refractivity contribution >= 4 is 32.6 Å². The van der Waals surface area contributed by atoms with Gasteiger partial charge in [0.2, 0.25) is 0 Å². The highest BCUT2D eigenvalue weighted by Crippen LogP contribution is 2.26. The van der Waals surface area contributed by atoms with Gasteiger partial charge in [-0.15, -0.1) is 0 Å². The van der Waals surface area contributed by atoms with Crippen LogP contribution in [0.3, 0.4) is 0 Å². The molecule has 0 fully saturated rings. The van der Waals surface area contributed by atoms with Crippen LogP contribution in [0.2, 0.25) is 0 Å². The monoisotopic (exact) mass is 343 g/mol. The Morgan fingerprint density at radius 1 is 1.19 bits per heavy atom. The van der Waals surface area contributed by atoms with E-state index in [0.29, 0.717) is 11.1 Å². The molecule has 0 unspecified atom stereocenters. The predicted molar refractivity (Wildman–Crippen MR) is 87.2 cm³/mol. The summed E-state index contributed by atoms with van der Waals surface area (Å²) in [6.45, 7) is 1.99. The second-order valence-electron chi connectivity index (χ2n) is 4.91. The standard InChI is InChI=1S/C17H14BrNO2/c1-10-3-4-11(7-15(10)18)17(20)14-9-19-16-6-5-12(21-2)8-13(14)16/h3-9,19H,1-2H3. The Morgan fingerprint density at radius 2 is 2.00 bits per heavy atom. The van der Waals surface area contributed by atoms with Crippen LogP contribution in [0, 0.1) is 6.92 Å². The third kappa shape index (κ3) is 2.47. The minimum absolute atomic E-state index is 0.00444. The molecule has 0 atom stereocenters. The second kappa shape index (κ2) is 5.37. The Morgan fingerprint density at radius 3 is 2.71 bits per heavy atom. The van der Waals surface area contributed by atoms with Crippen molar-refractivity contribution < 1.29 is 9.53 Å². The summed E-state index contributed by atoms with van der Waals surface area (Å²) in [5, 5.41) is 0.871. The van der Waals surface area contributed by atoms with Gasteiger partial charge in [0.15, 0.2) is 5.78 Å². The number of H-pyrrole nitrogens is 1. The molecule has 4 heteroatoms. The molecule has 2 aromatic carbocycles. The molecule has 3 nitrogen and oxygen atoms in total. The number of aromatic nitrogens is 1. The van der Waals surface area contributed by atoms with Gasteiger partial charge >= 0.3 is 0 Å². The summed E-state index contributed by atoms with van der Waals surface area (Å²) in [5.74, 6) is 0.733. The Hall–Kier alpha value is -2.07. The van der Waals surface area contributed by atoms with Crippen LogP contribution in [0.15, 0.2) is 47.1 Å². The van der Waals surface area contributed by atoms with Gasteiger partial charge in [-0.3, -0.25) is 4.79 Å². The molecule has 0 aliphatic rings. The van der Waals surface area contributed by atoms with Crippen LogP contribution in [0.1, 0.15) is 21.5 Å². The zero-order valence-electron chi connectivity index (χ0n) is 11.7. The van der Waals surface area contributed by atoms with E-state index in [-0.39, 0.29) is 5.78 Å². The van der Waals surface area contributed by atoms with E-state index in [0.717, 1.165) is 26.7 Å². The van der Waals surface area contributed by atoms with E-state index >= 15 is 0 Å². The molecule has 0 aliphatic heterocycles. The van der Waals surface area contributed by atoms with Crippen LogP contribution in [0.25, 0.3) is 10.9 Å². The lowest BCUT2D eigenvalue weighted by molar-refractivity contribution is 0.104. The van der Waals surface area contributed by atoms with Gasteiger partial charge in [-0.2, -0.15) is 0 Å². The topological polar surface area (TPSA) is 42.1 Å². The van der Waals surface area contributed by atoms with Gasteiger partial charge in [0, 0.05) is 32.7 Å². The van der Waals surface area contributed by atoms with Crippen LogP contribution >= 0.6 is 15.9 Å². The first kappa shape index (κ1) is 13.9. The highest BCUT2D eigenvalue weighted by atomic mass is 79.9. The van der Waals surface area contributed by atoms with Crippen LogP contribution < -0.4 is 4.74 Å². The van der Waals surface area contributed by atoms with Crippen molar-refractivity contribution in [1.82, 2.24) is 4.98 Å². The molecule has 0 amide bonds. The fraction of sp³-hybridized carbons (Fsp3) is 0.118. The molecule has 1 aromatic heterocycles. The molecule has 0 radical (unpaired) electrons. The number of hydrogen-bond donors (Lipinski definition) is 1. The maximum atomic E-state index is 12.7.